The predicted molar refractivity (Wildman–Crippen MR) is 111 cm³/mol. The van der Waals surface area contributed by atoms with Crippen LogP contribution in [0, 0.1) is 5.41 Å². The number of ether oxygens (including phenoxy) is 3. The standard InChI is InChI=1S/C24H29NO4/c1-27-20-9-8-18-14-24(22(28-2)21(18)13-20)10-11-25-19(15-24)12-16-4-6-17(7-5-16)23(26)29-3/h4-9,13,19,22,25H,10-12,14-15H2,1-3H3/t19-,22+,24?/m1/s1. The average Bonchev–Trinajstić information content (AvgIpc) is 3.04. The fourth-order valence-electron chi connectivity index (χ4n) is 5.20. The number of fused-ring (bicyclic) bond motifs is 1. The molecule has 4 rings (SSSR count). The molecule has 5 heteroatoms. The molecule has 1 fully saturated rings. The Morgan fingerprint density at radius 2 is 1.93 bits per heavy atom. The molecule has 3 atom stereocenters. The number of esters is 1. The molecule has 2 aliphatic rings. The number of methoxy groups -OCH3 is 3. The molecule has 2 aromatic rings. The van der Waals surface area contributed by atoms with Crippen molar-refractivity contribution < 1.29 is 19.0 Å². The Kier molecular flexibility index (Phi) is 5.61. The zero-order valence-corrected chi connectivity index (χ0v) is 17.4. The highest BCUT2D eigenvalue weighted by atomic mass is 16.5. The van der Waals surface area contributed by atoms with E-state index >= 15 is 0 Å². The third kappa shape index (κ3) is 3.77. The molecule has 1 spiro atoms. The third-order valence-corrected chi connectivity index (χ3v) is 6.54. The minimum atomic E-state index is -0.298. The van der Waals surface area contributed by atoms with Gasteiger partial charge in [0.2, 0.25) is 0 Å². The summed E-state index contributed by atoms with van der Waals surface area (Å²) < 4.78 is 16.3. The van der Waals surface area contributed by atoms with Gasteiger partial charge in [-0.15, -0.1) is 0 Å². The average molecular weight is 395 g/mol. The minimum Gasteiger partial charge on any atom is -0.497 e. The second kappa shape index (κ2) is 8.17. The molecule has 0 saturated carbocycles. The van der Waals surface area contributed by atoms with E-state index in [0.29, 0.717) is 11.6 Å². The highest BCUT2D eigenvalue weighted by Crippen LogP contribution is 2.54. The van der Waals surface area contributed by atoms with E-state index in [0.717, 1.165) is 38.0 Å². The van der Waals surface area contributed by atoms with Crippen LogP contribution in [0.2, 0.25) is 0 Å². The number of rotatable bonds is 5. The molecule has 2 aromatic carbocycles. The fourth-order valence-corrected chi connectivity index (χ4v) is 5.20. The first-order chi connectivity index (χ1) is 14.1. The second-order valence-corrected chi connectivity index (χ2v) is 8.22. The van der Waals surface area contributed by atoms with Gasteiger partial charge in [-0.3, -0.25) is 0 Å². The van der Waals surface area contributed by atoms with Crippen LogP contribution in [0.15, 0.2) is 42.5 Å². The Morgan fingerprint density at radius 3 is 2.62 bits per heavy atom. The van der Waals surface area contributed by atoms with Gasteiger partial charge in [-0.2, -0.15) is 0 Å². The van der Waals surface area contributed by atoms with Gasteiger partial charge in [0.25, 0.3) is 0 Å². The maximum atomic E-state index is 11.6. The summed E-state index contributed by atoms with van der Waals surface area (Å²) in [5.74, 6) is 0.590. The largest absolute Gasteiger partial charge is 0.497 e. The van der Waals surface area contributed by atoms with Gasteiger partial charge >= 0.3 is 5.97 Å². The molecule has 1 aliphatic heterocycles. The fraction of sp³-hybridized carbons (Fsp3) is 0.458. The van der Waals surface area contributed by atoms with Gasteiger partial charge in [0.05, 0.1) is 25.9 Å². The molecule has 0 bridgehead atoms. The minimum absolute atomic E-state index is 0.0962. The quantitative estimate of drug-likeness (QED) is 0.783. The topological polar surface area (TPSA) is 56.8 Å². The van der Waals surface area contributed by atoms with E-state index in [1.54, 1.807) is 7.11 Å². The first-order valence-electron chi connectivity index (χ1n) is 10.2. The molecule has 154 valence electrons. The van der Waals surface area contributed by atoms with Crippen LogP contribution in [0.3, 0.4) is 0 Å². The lowest BCUT2D eigenvalue weighted by Gasteiger charge is -2.42. The van der Waals surface area contributed by atoms with E-state index in [1.165, 1.54) is 23.8 Å². The first-order valence-corrected chi connectivity index (χ1v) is 10.2. The summed E-state index contributed by atoms with van der Waals surface area (Å²) in [7, 11) is 4.94. The summed E-state index contributed by atoms with van der Waals surface area (Å²) in [6.07, 6.45) is 4.23. The molecule has 0 aromatic heterocycles. The zero-order chi connectivity index (χ0) is 20.4. The van der Waals surface area contributed by atoms with Crippen molar-refractivity contribution in [3.05, 3.63) is 64.7 Å². The summed E-state index contributed by atoms with van der Waals surface area (Å²) in [6, 6.07) is 14.5. The van der Waals surface area contributed by atoms with Crippen LogP contribution in [-0.2, 0) is 22.3 Å². The van der Waals surface area contributed by atoms with Crippen LogP contribution in [-0.4, -0.2) is 39.9 Å². The Morgan fingerprint density at radius 1 is 1.14 bits per heavy atom. The summed E-state index contributed by atoms with van der Waals surface area (Å²) in [5.41, 5.74) is 4.57. The van der Waals surface area contributed by atoms with E-state index in [1.807, 2.05) is 37.4 Å². The highest BCUT2D eigenvalue weighted by Gasteiger charge is 2.49. The molecule has 5 nitrogen and oxygen atoms in total. The van der Waals surface area contributed by atoms with Gasteiger partial charge in [0.1, 0.15) is 5.75 Å². The van der Waals surface area contributed by atoms with E-state index in [9.17, 15) is 4.79 Å². The number of piperidine rings is 1. The molecule has 29 heavy (non-hydrogen) atoms. The highest BCUT2D eigenvalue weighted by molar-refractivity contribution is 5.89. The van der Waals surface area contributed by atoms with Gasteiger partial charge in [-0.05, 0) is 73.2 Å². The van der Waals surface area contributed by atoms with Crippen LogP contribution in [0.25, 0.3) is 0 Å². The van der Waals surface area contributed by atoms with Gasteiger partial charge < -0.3 is 19.5 Å². The smallest absolute Gasteiger partial charge is 0.337 e. The number of hydrogen-bond acceptors (Lipinski definition) is 5. The molecule has 1 N–H and O–H groups in total. The molecule has 1 saturated heterocycles. The molecular weight excluding hydrogens is 366 g/mol. The van der Waals surface area contributed by atoms with Gasteiger partial charge in [0, 0.05) is 18.6 Å². The summed E-state index contributed by atoms with van der Waals surface area (Å²) >= 11 is 0. The normalized spacial score (nSPS) is 25.6. The van der Waals surface area contributed by atoms with Crippen LogP contribution in [0.1, 0.15) is 46.0 Å². The summed E-state index contributed by atoms with van der Waals surface area (Å²) in [4.78, 5) is 11.6. The van der Waals surface area contributed by atoms with Crippen LogP contribution in [0.4, 0.5) is 0 Å². The van der Waals surface area contributed by atoms with Crippen LogP contribution in [0.5, 0.6) is 5.75 Å². The lowest BCUT2D eigenvalue weighted by atomic mass is 9.71. The molecule has 1 aliphatic carbocycles. The number of carbonyl (C=O) groups is 1. The van der Waals surface area contributed by atoms with Crippen molar-refractivity contribution >= 4 is 5.97 Å². The summed E-state index contributed by atoms with van der Waals surface area (Å²) in [6.45, 7) is 0.982. The van der Waals surface area contributed by atoms with Crippen molar-refractivity contribution in [2.75, 3.05) is 27.9 Å². The molecule has 0 amide bonds. The number of hydrogen-bond donors (Lipinski definition) is 1. The monoisotopic (exact) mass is 395 g/mol. The number of nitrogens with one attached hydrogen (secondary N) is 1. The number of benzene rings is 2. The molecule has 1 unspecified atom stereocenters. The van der Waals surface area contributed by atoms with E-state index in [-0.39, 0.29) is 17.5 Å². The number of carbonyl (C=O) groups excluding carboxylic acids is 1. The Balaban J connectivity index is 1.51. The van der Waals surface area contributed by atoms with Gasteiger partial charge in [0.15, 0.2) is 0 Å². The van der Waals surface area contributed by atoms with E-state index in [2.05, 4.69) is 17.4 Å². The van der Waals surface area contributed by atoms with Crippen LogP contribution >= 0.6 is 0 Å². The van der Waals surface area contributed by atoms with Crippen molar-refractivity contribution in [1.29, 1.82) is 0 Å². The zero-order valence-electron chi connectivity index (χ0n) is 17.4. The van der Waals surface area contributed by atoms with E-state index in [4.69, 9.17) is 14.2 Å². The predicted octanol–water partition coefficient (Wildman–Crippen LogP) is 3.71. The third-order valence-electron chi connectivity index (χ3n) is 6.54. The Hall–Kier alpha value is -2.37. The second-order valence-electron chi connectivity index (χ2n) is 8.22. The molecular formula is C24H29NO4. The lowest BCUT2D eigenvalue weighted by Crippen LogP contribution is -2.47. The molecule has 0 radical (unpaired) electrons. The van der Waals surface area contributed by atoms with Crippen molar-refractivity contribution in [3.8, 4) is 5.75 Å². The maximum Gasteiger partial charge on any atom is 0.337 e. The summed E-state index contributed by atoms with van der Waals surface area (Å²) in [5, 5.41) is 3.69. The van der Waals surface area contributed by atoms with Crippen molar-refractivity contribution in [1.82, 2.24) is 5.32 Å². The Bertz CT molecular complexity index is 879. The van der Waals surface area contributed by atoms with Gasteiger partial charge in [-0.25, -0.2) is 4.79 Å². The maximum absolute atomic E-state index is 11.6. The SMILES string of the molecule is COC(=O)c1ccc(C[C@@H]2CC3(CCN2)Cc2ccc(OC)cc2[C@@H]3OC)cc1. The first kappa shape index (κ1) is 19.9. The van der Waals surface area contributed by atoms with E-state index < -0.39 is 0 Å². The van der Waals surface area contributed by atoms with Crippen molar-refractivity contribution in [3.63, 3.8) is 0 Å². The van der Waals surface area contributed by atoms with Crippen LogP contribution < -0.4 is 10.1 Å². The Labute approximate surface area is 172 Å². The van der Waals surface area contributed by atoms with Gasteiger partial charge in [-0.1, -0.05) is 18.2 Å². The molecule has 1 heterocycles. The van der Waals surface area contributed by atoms with Crippen molar-refractivity contribution in [2.45, 2.75) is 37.8 Å². The van der Waals surface area contributed by atoms with Crippen molar-refractivity contribution in [2.24, 2.45) is 5.41 Å². The lowest BCUT2D eigenvalue weighted by molar-refractivity contribution is -0.0290.